The van der Waals surface area contributed by atoms with E-state index < -0.39 is 0 Å². The van der Waals surface area contributed by atoms with E-state index in [1.54, 1.807) is 0 Å². The van der Waals surface area contributed by atoms with Crippen molar-refractivity contribution in [2.45, 2.75) is 33.2 Å². The second-order valence-corrected chi connectivity index (χ2v) is 7.94. The Morgan fingerprint density at radius 2 is 1.59 bits per heavy atom. The third kappa shape index (κ3) is 4.40. The lowest BCUT2D eigenvalue weighted by molar-refractivity contribution is 0.642. The maximum atomic E-state index is 10.3. The summed E-state index contributed by atoms with van der Waals surface area (Å²) in [6, 6.07) is 31.2. The molecule has 0 aliphatic rings. The summed E-state index contributed by atoms with van der Waals surface area (Å²) < 4.78 is 2.23. The van der Waals surface area contributed by atoms with Crippen LogP contribution in [0.4, 0.5) is 5.82 Å². The summed E-state index contributed by atoms with van der Waals surface area (Å²) in [5, 5.41) is 10.3. The van der Waals surface area contributed by atoms with Crippen molar-refractivity contribution in [1.82, 2.24) is 4.57 Å². The number of benzene rings is 3. The molecule has 0 aliphatic carbocycles. The molecule has 4 rings (SSSR count). The molecule has 158 valence electrons. The first kappa shape index (κ1) is 21.3. The van der Waals surface area contributed by atoms with Crippen molar-refractivity contribution in [3.05, 3.63) is 102 Å². The highest BCUT2D eigenvalue weighted by atomic mass is 15.1. The van der Waals surface area contributed by atoms with E-state index in [0.717, 1.165) is 53.2 Å². The number of rotatable bonds is 7. The average Bonchev–Trinajstić information content (AvgIpc) is 3.15. The largest absolute Gasteiger partial charge is 0.324 e. The molecule has 0 saturated carbocycles. The number of hydrogen-bond acceptors (Lipinski definition) is 2. The Kier molecular flexibility index (Phi) is 6.63. The van der Waals surface area contributed by atoms with Crippen molar-refractivity contribution >= 4 is 12.0 Å². The van der Waals surface area contributed by atoms with Crippen molar-refractivity contribution in [3.63, 3.8) is 0 Å². The predicted octanol–water partition coefficient (Wildman–Crippen LogP) is 7.55. The molecular weight excluding hydrogens is 390 g/mol. The fourth-order valence-corrected chi connectivity index (χ4v) is 4.05. The average molecular weight is 418 g/mol. The van der Waals surface area contributed by atoms with Crippen LogP contribution in [0.25, 0.3) is 22.4 Å². The van der Waals surface area contributed by atoms with E-state index in [4.69, 9.17) is 4.99 Å². The first-order valence-electron chi connectivity index (χ1n) is 11.1. The Balaban J connectivity index is 2.00. The van der Waals surface area contributed by atoms with Gasteiger partial charge in [0.1, 0.15) is 11.6 Å². The van der Waals surface area contributed by atoms with Crippen LogP contribution in [0.1, 0.15) is 36.5 Å². The summed E-state index contributed by atoms with van der Waals surface area (Å²) in [7, 11) is 0. The molecule has 0 spiro atoms. The number of unbranched alkanes of at least 4 members (excludes halogenated alkanes) is 1. The Bertz CT molecular complexity index is 1260. The van der Waals surface area contributed by atoms with E-state index in [9.17, 15) is 5.26 Å². The molecule has 0 amide bonds. The zero-order valence-electron chi connectivity index (χ0n) is 18.6. The quantitative estimate of drug-likeness (QED) is 0.286. The minimum absolute atomic E-state index is 0.620. The zero-order valence-corrected chi connectivity index (χ0v) is 18.6. The number of nitriles is 1. The van der Waals surface area contributed by atoms with Gasteiger partial charge in [-0.2, -0.15) is 5.26 Å². The van der Waals surface area contributed by atoms with E-state index in [2.05, 4.69) is 60.9 Å². The number of aromatic nitrogens is 1. The SMILES string of the molecule is CCCCn1c(/N=C/c2cccc(C)c2)c(C#N)c(-c2ccccc2)c1-c1ccccc1. The normalized spacial score (nSPS) is 11.0. The van der Waals surface area contributed by atoms with Gasteiger partial charge in [-0.3, -0.25) is 0 Å². The summed E-state index contributed by atoms with van der Waals surface area (Å²) in [6.45, 7) is 5.07. The van der Waals surface area contributed by atoms with Gasteiger partial charge in [-0.05, 0) is 30.0 Å². The summed E-state index contributed by atoms with van der Waals surface area (Å²) in [6.07, 6.45) is 3.95. The molecule has 0 atom stereocenters. The third-order valence-corrected chi connectivity index (χ3v) is 5.57. The van der Waals surface area contributed by atoms with Crippen LogP contribution in [-0.4, -0.2) is 10.8 Å². The lowest BCUT2D eigenvalue weighted by Crippen LogP contribution is -2.00. The van der Waals surface area contributed by atoms with Gasteiger partial charge in [0.05, 0.1) is 5.69 Å². The topological polar surface area (TPSA) is 41.1 Å². The van der Waals surface area contributed by atoms with Crippen molar-refractivity contribution in [2.24, 2.45) is 4.99 Å². The van der Waals surface area contributed by atoms with Crippen molar-refractivity contribution in [2.75, 3.05) is 0 Å². The van der Waals surface area contributed by atoms with Crippen LogP contribution in [-0.2, 0) is 6.54 Å². The highest BCUT2D eigenvalue weighted by Crippen LogP contribution is 2.42. The summed E-state index contributed by atoms with van der Waals surface area (Å²) in [5.41, 5.74) is 6.96. The third-order valence-electron chi connectivity index (χ3n) is 5.57. The second kappa shape index (κ2) is 9.94. The summed E-state index contributed by atoms with van der Waals surface area (Å²) in [5.74, 6) is 0.722. The van der Waals surface area contributed by atoms with Crippen LogP contribution in [0.15, 0.2) is 89.9 Å². The minimum Gasteiger partial charge on any atom is -0.324 e. The molecule has 0 radical (unpaired) electrons. The van der Waals surface area contributed by atoms with Crippen LogP contribution in [0.3, 0.4) is 0 Å². The van der Waals surface area contributed by atoms with Gasteiger partial charge in [0.15, 0.2) is 5.82 Å². The molecular formula is C29H27N3. The highest BCUT2D eigenvalue weighted by molar-refractivity contribution is 5.92. The van der Waals surface area contributed by atoms with Crippen LogP contribution in [0.5, 0.6) is 0 Å². The minimum atomic E-state index is 0.620. The van der Waals surface area contributed by atoms with E-state index in [1.807, 2.05) is 54.7 Å². The molecule has 1 heterocycles. The summed E-state index contributed by atoms with van der Waals surface area (Å²) in [4.78, 5) is 4.89. The van der Waals surface area contributed by atoms with Gasteiger partial charge in [0, 0.05) is 18.3 Å². The smallest absolute Gasteiger partial charge is 0.151 e. The zero-order chi connectivity index (χ0) is 22.3. The van der Waals surface area contributed by atoms with Crippen molar-refractivity contribution in [3.8, 4) is 28.5 Å². The number of hydrogen-bond donors (Lipinski definition) is 0. The van der Waals surface area contributed by atoms with Gasteiger partial charge in [0.25, 0.3) is 0 Å². The molecule has 0 saturated heterocycles. The number of aliphatic imine (C=N–C) groups is 1. The van der Waals surface area contributed by atoms with Crippen molar-refractivity contribution in [1.29, 1.82) is 5.26 Å². The maximum Gasteiger partial charge on any atom is 0.151 e. The van der Waals surface area contributed by atoms with Gasteiger partial charge in [-0.15, -0.1) is 0 Å². The number of nitrogens with zero attached hydrogens (tertiary/aromatic N) is 3. The highest BCUT2D eigenvalue weighted by Gasteiger charge is 2.24. The Morgan fingerprint density at radius 1 is 0.906 bits per heavy atom. The molecule has 3 aromatic carbocycles. The van der Waals surface area contributed by atoms with E-state index in [1.165, 1.54) is 5.56 Å². The van der Waals surface area contributed by atoms with Crippen LogP contribution in [0.2, 0.25) is 0 Å². The van der Waals surface area contributed by atoms with Gasteiger partial charge in [0.2, 0.25) is 0 Å². The molecule has 0 N–H and O–H groups in total. The first-order valence-corrected chi connectivity index (χ1v) is 11.1. The Labute approximate surface area is 190 Å². The molecule has 0 bridgehead atoms. The lowest BCUT2D eigenvalue weighted by atomic mass is 9.98. The van der Waals surface area contributed by atoms with E-state index >= 15 is 0 Å². The van der Waals surface area contributed by atoms with Gasteiger partial charge >= 0.3 is 0 Å². The van der Waals surface area contributed by atoms with Crippen LogP contribution >= 0.6 is 0 Å². The molecule has 0 unspecified atom stereocenters. The molecule has 32 heavy (non-hydrogen) atoms. The molecule has 1 aromatic heterocycles. The predicted molar refractivity (Wildman–Crippen MR) is 133 cm³/mol. The summed E-state index contributed by atoms with van der Waals surface area (Å²) >= 11 is 0. The monoisotopic (exact) mass is 417 g/mol. The van der Waals surface area contributed by atoms with Gasteiger partial charge in [-0.1, -0.05) is 104 Å². The fourth-order valence-electron chi connectivity index (χ4n) is 4.05. The number of aryl methyl sites for hydroxylation is 1. The second-order valence-electron chi connectivity index (χ2n) is 7.94. The van der Waals surface area contributed by atoms with Gasteiger partial charge < -0.3 is 4.57 Å². The van der Waals surface area contributed by atoms with Crippen LogP contribution < -0.4 is 0 Å². The molecule has 4 aromatic rings. The van der Waals surface area contributed by atoms with E-state index in [0.29, 0.717) is 5.56 Å². The molecule has 0 aliphatic heterocycles. The lowest BCUT2D eigenvalue weighted by Gasteiger charge is -2.13. The maximum absolute atomic E-state index is 10.3. The van der Waals surface area contributed by atoms with Crippen LogP contribution in [0, 0.1) is 18.3 Å². The molecule has 0 fully saturated rings. The standard InChI is InChI=1S/C29H27N3/c1-3-4-18-32-28(25-16-9-6-10-17-25)27(24-14-7-5-8-15-24)26(20-30)29(32)31-21-23-13-11-12-22(2)19-23/h5-17,19,21H,3-4,18H2,1-2H3/b31-21+. The molecule has 3 nitrogen and oxygen atoms in total. The van der Waals surface area contributed by atoms with Gasteiger partial charge in [-0.25, -0.2) is 4.99 Å². The van der Waals surface area contributed by atoms with E-state index in [-0.39, 0.29) is 0 Å². The van der Waals surface area contributed by atoms with Crippen molar-refractivity contribution < 1.29 is 0 Å². The Hall–Kier alpha value is -3.90. The first-order chi connectivity index (χ1) is 15.7. The molecule has 3 heteroatoms. The fraction of sp³-hybridized carbons (Fsp3) is 0.172. The Morgan fingerprint density at radius 3 is 2.22 bits per heavy atom.